The molecule has 0 bridgehead atoms. The molecule has 1 saturated heterocycles. The van der Waals surface area contributed by atoms with E-state index >= 15 is 0 Å². The molecule has 0 aromatic heterocycles. The molecule has 5 nitrogen and oxygen atoms in total. The molecule has 1 fully saturated rings. The molecule has 1 aromatic carbocycles. The van der Waals surface area contributed by atoms with Gasteiger partial charge in [-0.15, -0.1) is 0 Å². The molecule has 6 heteroatoms. The lowest BCUT2D eigenvalue weighted by Crippen LogP contribution is -2.38. The molecule has 0 radical (unpaired) electrons. The topological polar surface area (TPSA) is 64.4 Å². The van der Waals surface area contributed by atoms with Crippen LogP contribution < -0.4 is 10.1 Å². The van der Waals surface area contributed by atoms with E-state index in [9.17, 15) is 10.1 Å². The molecule has 1 atom stereocenters. The van der Waals surface area contributed by atoms with Crippen LogP contribution in [0.2, 0.25) is 5.02 Å². The first-order valence-electron chi connectivity index (χ1n) is 5.97. The fraction of sp³-hybridized carbons (Fsp3) is 0.500. The largest absolute Gasteiger partial charge is 0.492 e. The highest BCUT2D eigenvalue weighted by atomic mass is 35.5. The summed E-state index contributed by atoms with van der Waals surface area (Å²) in [6.07, 6.45) is 3.52. The molecule has 1 N–H and O–H groups in total. The third-order valence-corrected chi connectivity index (χ3v) is 3.28. The zero-order chi connectivity index (χ0) is 13.0. The Hall–Kier alpha value is -1.33. The highest BCUT2D eigenvalue weighted by Crippen LogP contribution is 2.28. The molecule has 18 heavy (non-hydrogen) atoms. The van der Waals surface area contributed by atoms with E-state index in [0.717, 1.165) is 13.0 Å². The van der Waals surface area contributed by atoms with Gasteiger partial charge < -0.3 is 10.1 Å². The number of rotatable bonds is 4. The predicted molar refractivity (Wildman–Crippen MR) is 69.2 cm³/mol. The van der Waals surface area contributed by atoms with Crippen LogP contribution in [0.5, 0.6) is 5.75 Å². The predicted octanol–water partition coefficient (Wildman–Crippen LogP) is 2.77. The van der Waals surface area contributed by atoms with E-state index in [1.165, 1.54) is 25.0 Å². The van der Waals surface area contributed by atoms with Crippen molar-refractivity contribution in [3.8, 4) is 5.75 Å². The van der Waals surface area contributed by atoms with E-state index in [0.29, 0.717) is 18.4 Å². The van der Waals surface area contributed by atoms with Crippen LogP contribution in [-0.2, 0) is 0 Å². The summed E-state index contributed by atoms with van der Waals surface area (Å²) >= 11 is 5.81. The van der Waals surface area contributed by atoms with Gasteiger partial charge in [0.1, 0.15) is 17.4 Å². The maximum absolute atomic E-state index is 10.6. The molecule has 1 heterocycles. The van der Waals surface area contributed by atoms with Crippen molar-refractivity contribution < 1.29 is 9.66 Å². The van der Waals surface area contributed by atoms with Gasteiger partial charge >= 0.3 is 0 Å². The quantitative estimate of drug-likeness (QED) is 0.675. The molecule has 98 valence electrons. The highest BCUT2D eigenvalue weighted by Gasteiger charge is 2.15. The van der Waals surface area contributed by atoms with Crippen molar-refractivity contribution in [2.24, 2.45) is 0 Å². The first-order valence-corrected chi connectivity index (χ1v) is 6.35. The second-order valence-electron chi connectivity index (χ2n) is 4.33. The molecule has 1 aliphatic rings. The molecule has 0 amide bonds. The molecule has 0 saturated carbocycles. The van der Waals surface area contributed by atoms with E-state index in [2.05, 4.69) is 5.32 Å². The van der Waals surface area contributed by atoms with Gasteiger partial charge in [-0.3, -0.25) is 10.1 Å². The lowest BCUT2D eigenvalue weighted by Gasteiger charge is -2.23. The molecular formula is C12H15ClN2O3. The Morgan fingerprint density at radius 1 is 1.50 bits per heavy atom. The van der Waals surface area contributed by atoms with E-state index in [1.54, 1.807) is 6.07 Å². The maximum Gasteiger partial charge on any atom is 0.288 e. The SMILES string of the molecule is O=[N+]([O-])c1ccc(OCC2CCCCN2)cc1Cl. The molecule has 1 unspecified atom stereocenters. The highest BCUT2D eigenvalue weighted by molar-refractivity contribution is 6.32. The smallest absolute Gasteiger partial charge is 0.288 e. The average molecular weight is 271 g/mol. The number of hydrogen-bond acceptors (Lipinski definition) is 4. The van der Waals surface area contributed by atoms with Gasteiger partial charge in [0, 0.05) is 18.2 Å². The van der Waals surface area contributed by atoms with E-state index in [4.69, 9.17) is 16.3 Å². The van der Waals surface area contributed by atoms with Gasteiger partial charge in [-0.25, -0.2) is 0 Å². The minimum atomic E-state index is -0.505. The van der Waals surface area contributed by atoms with Crippen molar-refractivity contribution in [2.75, 3.05) is 13.2 Å². The standard InChI is InChI=1S/C12H15ClN2O3/c13-11-7-10(4-5-12(11)15(16)17)18-8-9-3-1-2-6-14-9/h4-5,7,9,14H,1-3,6,8H2. The zero-order valence-corrected chi connectivity index (χ0v) is 10.7. The van der Waals surface area contributed by atoms with Crippen LogP contribution >= 0.6 is 11.6 Å². The maximum atomic E-state index is 10.6. The molecular weight excluding hydrogens is 256 g/mol. The first kappa shape index (κ1) is 13.1. The van der Waals surface area contributed by atoms with Crippen molar-refractivity contribution in [3.63, 3.8) is 0 Å². The summed E-state index contributed by atoms with van der Waals surface area (Å²) in [5, 5.41) is 14.1. The van der Waals surface area contributed by atoms with Gasteiger partial charge in [0.05, 0.1) is 4.92 Å². The summed E-state index contributed by atoms with van der Waals surface area (Å²) in [4.78, 5) is 10.1. The second kappa shape index (κ2) is 6.02. The Bertz CT molecular complexity index is 433. The van der Waals surface area contributed by atoms with Gasteiger partial charge in [-0.1, -0.05) is 18.0 Å². The summed E-state index contributed by atoms with van der Waals surface area (Å²) in [7, 11) is 0. The fourth-order valence-electron chi connectivity index (χ4n) is 1.99. The number of piperidine rings is 1. The van der Waals surface area contributed by atoms with Crippen molar-refractivity contribution in [1.82, 2.24) is 5.32 Å². The summed E-state index contributed by atoms with van der Waals surface area (Å²) in [6, 6.07) is 4.79. The van der Waals surface area contributed by atoms with E-state index in [1.807, 2.05) is 0 Å². The monoisotopic (exact) mass is 270 g/mol. The van der Waals surface area contributed by atoms with E-state index in [-0.39, 0.29) is 10.7 Å². The Morgan fingerprint density at radius 3 is 2.94 bits per heavy atom. The van der Waals surface area contributed by atoms with Crippen molar-refractivity contribution in [3.05, 3.63) is 33.3 Å². The van der Waals surface area contributed by atoms with Crippen LogP contribution in [0.15, 0.2) is 18.2 Å². The number of nitrogens with one attached hydrogen (secondary N) is 1. The number of hydrogen-bond donors (Lipinski definition) is 1. The summed E-state index contributed by atoms with van der Waals surface area (Å²) < 4.78 is 5.59. The number of benzene rings is 1. The van der Waals surface area contributed by atoms with Crippen LogP contribution in [0, 0.1) is 10.1 Å². The number of nitrogens with zero attached hydrogens (tertiary/aromatic N) is 1. The Kier molecular flexibility index (Phi) is 4.38. The number of nitro groups is 1. The lowest BCUT2D eigenvalue weighted by atomic mass is 10.1. The third-order valence-electron chi connectivity index (χ3n) is 2.98. The van der Waals surface area contributed by atoms with Crippen LogP contribution in [0.25, 0.3) is 0 Å². The van der Waals surface area contributed by atoms with Gasteiger partial charge in [0.2, 0.25) is 0 Å². The van der Waals surface area contributed by atoms with Crippen molar-refractivity contribution in [1.29, 1.82) is 0 Å². The minimum absolute atomic E-state index is 0.0974. The number of ether oxygens (including phenoxy) is 1. The zero-order valence-electron chi connectivity index (χ0n) is 9.89. The Labute approximate surface area is 110 Å². The molecule has 2 rings (SSSR count). The summed E-state index contributed by atoms with van der Waals surface area (Å²) in [5.41, 5.74) is -0.0974. The van der Waals surface area contributed by atoms with E-state index < -0.39 is 4.92 Å². The summed E-state index contributed by atoms with van der Waals surface area (Å²) in [6.45, 7) is 1.59. The lowest BCUT2D eigenvalue weighted by molar-refractivity contribution is -0.384. The Balaban J connectivity index is 1.93. The van der Waals surface area contributed by atoms with Crippen LogP contribution in [-0.4, -0.2) is 24.1 Å². The molecule has 0 spiro atoms. The molecule has 0 aliphatic carbocycles. The third kappa shape index (κ3) is 3.34. The van der Waals surface area contributed by atoms with Gasteiger partial charge in [-0.2, -0.15) is 0 Å². The van der Waals surface area contributed by atoms with Gasteiger partial charge in [0.25, 0.3) is 5.69 Å². The molecule has 1 aromatic rings. The molecule has 1 aliphatic heterocycles. The number of halogens is 1. The first-order chi connectivity index (χ1) is 8.66. The van der Waals surface area contributed by atoms with Crippen LogP contribution in [0.4, 0.5) is 5.69 Å². The average Bonchev–Trinajstić information content (AvgIpc) is 2.37. The normalized spacial score (nSPS) is 19.5. The van der Waals surface area contributed by atoms with Crippen LogP contribution in [0.1, 0.15) is 19.3 Å². The fourth-order valence-corrected chi connectivity index (χ4v) is 2.23. The van der Waals surface area contributed by atoms with Crippen molar-refractivity contribution >= 4 is 17.3 Å². The number of nitro benzene ring substituents is 1. The van der Waals surface area contributed by atoms with Crippen molar-refractivity contribution in [2.45, 2.75) is 25.3 Å². The Morgan fingerprint density at radius 2 is 2.33 bits per heavy atom. The van der Waals surface area contributed by atoms with Crippen LogP contribution in [0.3, 0.4) is 0 Å². The van der Waals surface area contributed by atoms with Gasteiger partial charge in [0.15, 0.2) is 0 Å². The minimum Gasteiger partial charge on any atom is -0.492 e. The van der Waals surface area contributed by atoms with Gasteiger partial charge in [-0.05, 0) is 25.5 Å². The second-order valence-corrected chi connectivity index (χ2v) is 4.74. The summed E-state index contributed by atoms with van der Waals surface area (Å²) in [5.74, 6) is 0.568.